The largest absolute Gasteiger partial charge is 0.317 e. The van der Waals surface area contributed by atoms with Gasteiger partial charge in [0, 0.05) is 11.6 Å². The lowest BCUT2D eigenvalue weighted by molar-refractivity contribution is 0.0702. The third-order valence-corrected chi connectivity index (χ3v) is 4.32. The summed E-state index contributed by atoms with van der Waals surface area (Å²) in [7, 11) is 0. The number of carbonyl (C=O) groups is 1. The van der Waals surface area contributed by atoms with Gasteiger partial charge in [0.05, 0.1) is 0 Å². The highest BCUT2D eigenvalue weighted by Gasteiger charge is 2.52. The average molecular weight is 236 g/mol. The molecule has 0 aliphatic carbocycles. The van der Waals surface area contributed by atoms with Crippen molar-refractivity contribution in [2.24, 2.45) is 0 Å². The van der Waals surface area contributed by atoms with E-state index in [4.69, 9.17) is 11.6 Å². The normalized spacial score (nSPS) is 32.1. The first-order valence-electron chi connectivity index (χ1n) is 5.78. The fraction of sp³-hybridized carbons (Fsp3) is 0.462. The summed E-state index contributed by atoms with van der Waals surface area (Å²) < 4.78 is 0. The minimum absolute atomic E-state index is 0.0931. The summed E-state index contributed by atoms with van der Waals surface area (Å²) >= 11 is 6.51. The number of carbonyl (C=O) groups excluding carboxylic acids is 1. The molecule has 2 bridgehead atoms. The van der Waals surface area contributed by atoms with Crippen LogP contribution in [0, 0.1) is 0 Å². The SMILES string of the molecule is O=C(c1ccccc1)N1C2CCC1(Cl)CC2. The van der Waals surface area contributed by atoms with Crippen molar-refractivity contribution >= 4 is 17.5 Å². The maximum atomic E-state index is 12.4. The molecule has 0 aromatic heterocycles. The molecule has 3 heteroatoms. The van der Waals surface area contributed by atoms with E-state index < -0.39 is 5.00 Å². The van der Waals surface area contributed by atoms with E-state index in [9.17, 15) is 4.79 Å². The maximum Gasteiger partial charge on any atom is 0.255 e. The highest BCUT2D eigenvalue weighted by molar-refractivity contribution is 6.25. The lowest BCUT2D eigenvalue weighted by atomic mass is 10.0. The number of amides is 1. The van der Waals surface area contributed by atoms with E-state index in [-0.39, 0.29) is 5.91 Å². The standard InChI is InChI=1S/C13H14ClNO/c14-13-8-6-11(7-9-13)15(13)12(16)10-4-2-1-3-5-10/h1-5,11H,6-9H2. The lowest BCUT2D eigenvalue weighted by Gasteiger charge is -2.28. The van der Waals surface area contributed by atoms with Crippen LogP contribution in [0.5, 0.6) is 0 Å². The zero-order valence-corrected chi connectivity index (χ0v) is 9.78. The molecule has 0 N–H and O–H groups in total. The molecule has 1 aromatic carbocycles. The van der Waals surface area contributed by atoms with Crippen LogP contribution >= 0.6 is 11.6 Å². The van der Waals surface area contributed by atoms with Crippen LogP contribution in [0.2, 0.25) is 0 Å². The summed E-state index contributed by atoms with van der Waals surface area (Å²) in [6.07, 6.45) is 4.00. The van der Waals surface area contributed by atoms with Gasteiger partial charge in [-0.2, -0.15) is 0 Å². The van der Waals surface area contributed by atoms with Crippen molar-refractivity contribution in [3.63, 3.8) is 0 Å². The fourth-order valence-electron chi connectivity index (χ4n) is 2.94. The van der Waals surface area contributed by atoms with Gasteiger partial charge in [-0.25, -0.2) is 0 Å². The first kappa shape index (κ1) is 10.2. The third kappa shape index (κ3) is 1.36. The van der Waals surface area contributed by atoms with Crippen molar-refractivity contribution < 1.29 is 4.79 Å². The zero-order chi connectivity index (χ0) is 11.2. The van der Waals surface area contributed by atoms with Gasteiger partial charge in [-0.3, -0.25) is 4.79 Å². The van der Waals surface area contributed by atoms with Gasteiger partial charge < -0.3 is 4.90 Å². The lowest BCUT2D eigenvalue weighted by Crippen LogP contribution is -2.41. The predicted molar refractivity (Wildman–Crippen MR) is 63.5 cm³/mol. The topological polar surface area (TPSA) is 20.3 Å². The molecule has 0 atom stereocenters. The molecule has 2 fully saturated rings. The molecule has 0 radical (unpaired) electrons. The van der Waals surface area contributed by atoms with E-state index >= 15 is 0 Å². The van der Waals surface area contributed by atoms with Crippen LogP contribution < -0.4 is 0 Å². The van der Waals surface area contributed by atoms with Crippen molar-refractivity contribution in [1.82, 2.24) is 4.90 Å². The predicted octanol–water partition coefficient (Wildman–Crippen LogP) is 3.02. The molecule has 16 heavy (non-hydrogen) atoms. The molecule has 1 amide bonds. The summed E-state index contributed by atoms with van der Waals surface area (Å²) in [6.45, 7) is 0. The number of nitrogens with zero attached hydrogens (tertiary/aromatic N) is 1. The van der Waals surface area contributed by atoms with Gasteiger partial charge >= 0.3 is 0 Å². The van der Waals surface area contributed by atoms with Crippen molar-refractivity contribution in [2.45, 2.75) is 36.7 Å². The van der Waals surface area contributed by atoms with E-state index in [2.05, 4.69) is 0 Å². The second-order valence-electron chi connectivity index (χ2n) is 4.69. The highest BCUT2D eigenvalue weighted by atomic mass is 35.5. The Balaban J connectivity index is 1.92. The van der Waals surface area contributed by atoms with Crippen LogP contribution in [0.4, 0.5) is 0 Å². The Labute approximate surface area is 100 Å². The molecule has 2 saturated heterocycles. The van der Waals surface area contributed by atoms with E-state index in [0.29, 0.717) is 6.04 Å². The Morgan fingerprint density at radius 2 is 1.88 bits per heavy atom. The summed E-state index contributed by atoms with van der Waals surface area (Å²) in [5.74, 6) is 0.0931. The van der Waals surface area contributed by atoms with Gasteiger partial charge in [0.1, 0.15) is 5.00 Å². The molecule has 2 aliphatic rings. The van der Waals surface area contributed by atoms with Crippen LogP contribution in [0.15, 0.2) is 30.3 Å². The smallest absolute Gasteiger partial charge is 0.255 e. The van der Waals surface area contributed by atoms with E-state index in [1.165, 1.54) is 0 Å². The number of halogens is 1. The molecule has 0 unspecified atom stereocenters. The summed E-state index contributed by atoms with van der Waals surface area (Å²) in [6, 6.07) is 9.80. The molecule has 1 aromatic rings. The molecule has 0 saturated carbocycles. The summed E-state index contributed by atoms with van der Waals surface area (Å²) in [5.41, 5.74) is 0.751. The number of hydrogen-bond donors (Lipinski definition) is 0. The maximum absolute atomic E-state index is 12.4. The molecule has 2 aliphatic heterocycles. The summed E-state index contributed by atoms with van der Waals surface area (Å²) in [5, 5.41) is 0. The monoisotopic (exact) mass is 235 g/mol. The zero-order valence-electron chi connectivity index (χ0n) is 9.03. The van der Waals surface area contributed by atoms with E-state index in [1.807, 2.05) is 35.2 Å². The molecule has 0 spiro atoms. The molecule has 2 heterocycles. The minimum Gasteiger partial charge on any atom is -0.317 e. The Morgan fingerprint density at radius 1 is 1.25 bits per heavy atom. The quantitative estimate of drug-likeness (QED) is 0.541. The number of alkyl halides is 1. The van der Waals surface area contributed by atoms with Gasteiger partial charge in [-0.05, 0) is 37.8 Å². The number of rotatable bonds is 1. The summed E-state index contributed by atoms with van der Waals surface area (Å²) in [4.78, 5) is 13.9. The Morgan fingerprint density at radius 3 is 2.38 bits per heavy atom. The van der Waals surface area contributed by atoms with Gasteiger partial charge in [-0.1, -0.05) is 29.8 Å². The second-order valence-corrected chi connectivity index (χ2v) is 5.39. The molecule has 84 valence electrons. The van der Waals surface area contributed by atoms with Crippen LogP contribution in [0.3, 0.4) is 0 Å². The Bertz CT molecular complexity index is 409. The second kappa shape index (κ2) is 3.49. The number of hydrogen-bond acceptors (Lipinski definition) is 1. The van der Waals surface area contributed by atoms with Crippen LogP contribution in [-0.4, -0.2) is 21.8 Å². The van der Waals surface area contributed by atoms with E-state index in [0.717, 1.165) is 31.2 Å². The third-order valence-electron chi connectivity index (χ3n) is 3.76. The van der Waals surface area contributed by atoms with E-state index in [1.54, 1.807) is 0 Å². The van der Waals surface area contributed by atoms with Gasteiger partial charge in [0.2, 0.25) is 0 Å². The van der Waals surface area contributed by atoms with Crippen LogP contribution in [-0.2, 0) is 0 Å². The van der Waals surface area contributed by atoms with Gasteiger partial charge in [-0.15, -0.1) is 0 Å². The van der Waals surface area contributed by atoms with Gasteiger partial charge in [0.15, 0.2) is 0 Å². The van der Waals surface area contributed by atoms with Crippen molar-refractivity contribution in [3.05, 3.63) is 35.9 Å². The Kier molecular flexibility index (Phi) is 2.21. The van der Waals surface area contributed by atoms with Crippen molar-refractivity contribution in [3.8, 4) is 0 Å². The van der Waals surface area contributed by atoms with Crippen molar-refractivity contribution in [1.29, 1.82) is 0 Å². The minimum atomic E-state index is -0.391. The van der Waals surface area contributed by atoms with Crippen LogP contribution in [0.1, 0.15) is 36.0 Å². The first-order valence-corrected chi connectivity index (χ1v) is 6.16. The average Bonchev–Trinajstić information content (AvgIpc) is 2.81. The number of benzene rings is 1. The number of fused-ring (bicyclic) bond motifs is 2. The molecular formula is C13H14ClNO. The fourth-order valence-corrected chi connectivity index (χ4v) is 3.37. The highest BCUT2D eigenvalue weighted by Crippen LogP contribution is 2.49. The molecule has 2 nitrogen and oxygen atoms in total. The Hall–Kier alpha value is -1.02. The first-order chi connectivity index (χ1) is 7.71. The van der Waals surface area contributed by atoms with Gasteiger partial charge in [0.25, 0.3) is 5.91 Å². The molecular weight excluding hydrogens is 222 g/mol. The molecule has 3 rings (SSSR count). The van der Waals surface area contributed by atoms with Crippen molar-refractivity contribution in [2.75, 3.05) is 0 Å². The van der Waals surface area contributed by atoms with Crippen LogP contribution in [0.25, 0.3) is 0 Å².